The van der Waals surface area contributed by atoms with Gasteiger partial charge in [0, 0.05) is 77.8 Å². The minimum absolute atomic E-state index is 0.205. The molecule has 63 heavy (non-hydrogen) atoms. The molecule has 0 amide bonds. The van der Waals surface area contributed by atoms with E-state index in [1.54, 1.807) is 12.1 Å². The van der Waals surface area contributed by atoms with Crippen molar-refractivity contribution < 1.29 is 24.6 Å². The number of aliphatic hydroxyl groups is 2. The number of carbonyl (C=O) groups is 3. The van der Waals surface area contributed by atoms with E-state index in [9.17, 15) is 34.2 Å². The SMILES string of the molecule is NC1CCN(c2ccc(-c3nc4cc(CO)cc(C=O)c4c(=O)[nH]3)cc2)C1.O=CC1CC1.O=Cc1cc(CO)cc2nc(-c3ccc(N4CCC(NCC5CC5)C4)cc3)[nH]c(=O)c12. The topological polar surface area (TPSA) is 228 Å². The summed E-state index contributed by atoms with van der Waals surface area (Å²) in [5, 5.41) is 23.0. The van der Waals surface area contributed by atoms with Crippen molar-refractivity contribution >= 4 is 52.0 Å². The third-order valence-corrected chi connectivity index (χ3v) is 12.0. The van der Waals surface area contributed by atoms with Gasteiger partial charge in [-0.25, -0.2) is 9.97 Å². The molecule has 6 aromatic rings. The number of benzene rings is 4. The van der Waals surface area contributed by atoms with Gasteiger partial charge >= 0.3 is 0 Å². The Hall–Kier alpha value is -6.39. The molecule has 2 aliphatic heterocycles. The van der Waals surface area contributed by atoms with Gasteiger partial charge in [0.05, 0.1) is 35.0 Å². The summed E-state index contributed by atoms with van der Waals surface area (Å²) >= 11 is 0. The molecule has 0 spiro atoms. The van der Waals surface area contributed by atoms with E-state index in [1.165, 1.54) is 25.0 Å². The van der Waals surface area contributed by atoms with Gasteiger partial charge in [-0.1, -0.05) is 0 Å². The lowest BCUT2D eigenvalue weighted by molar-refractivity contribution is -0.108. The summed E-state index contributed by atoms with van der Waals surface area (Å²) in [5.74, 6) is 2.21. The first-order chi connectivity index (χ1) is 30.7. The molecule has 0 bridgehead atoms. The van der Waals surface area contributed by atoms with Crippen molar-refractivity contribution in [2.45, 2.75) is 63.8 Å². The molecule has 15 heteroatoms. The van der Waals surface area contributed by atoms with Gasteiger partial charge in [0.2, 0.25) is 0 Å². The van der Waals surface area contributed by atoms with Crippen molar-refractivity contribution in [2.75, 3.05) is 42.5 Å². The van der Waals surface area contributed by atoms with Gasteiger partial charge in [-0.2, -0.15) is 0 Å². The van der Waals surface area contributed by atoms with Crippen molar-refractivity contribution in [3.63, 3.8) is 0 Å². The Balaban J connectivity index is 0.000000157. The lowest BCUT2D eigenvalue weighted by Crippen LogP contribution is -2.33. The summed E-state index contributed by atoms with van der Waals surface area (Å²) in [6.07, 6.45) is 9.41. The lowest BCUT2D eigenvalue weighted by atomic mass is 10.1. The molecule has 2 unspecified atom stereocenters. The average Bonchev–Trinajstić information content (AvgIpc) is 4.25. The molecule has 326 valence electrons. The first kappa shape index (κ1) is 43.3. The molecular weight excluding hydrogens is 801 g/mol. The van der Waals surface area contributed by atoms with Crippen LogP contribution in [-0.2, 0) is 18.0 Å². The number of nitrogens with one attached hydrogen (secondary N) is 3. The summed E-state index contributed by atoms with van der Waals surface area (Å²) in [6.45, 7) is 4.50. The fourth-order valence-corrected chi connectivity index (χ4v) is 8.10. The van der Waals surface area contributed by atoms with Gasteiger partial charge in [-0.3, -0.25) is 19.2 Å². The van der Waals surface area contributed by atoms with E-state index in [-0.39, 0.29) is 52.3 Å². The summed E-state index contributed by atoms with van der Waals surface area (Å²) in [6, 6.07) is 22.9. The van der Waals surface area contributed by atoms with Crippen LogP contribution in [0.15, 0.2) is 82.4 Å². The molecule has 7 N–H and O–H groups in total. The summed E-state index contributed by atoms with van der Waals surface area (Å²) in [7, 11) is 0. The van der Waals surface area contributed by atoms with Crippen molar-refractivity contribution in [2.24, 2.45) is 17.6 Å². The van der Waals surface area contributed by atoms with Crippen LogP contribution < -0.4 is 32.0 Å². The second kappa shape index (κ2) is 19.3. The first-order valence-electron chi connectivity index (χ1n) is 21.6. The first-order valence-corrected chi connectivity index (χ1v) is 21.6. The Morgan fingerprint density at radius 2 is 1.16 bits per heavy atom. The van der Waals surface area contributed by atoms with Gasteiger partial charge < -0.3 is 45.8 Å². The number of H-pyrrole nitrogens is 2. The highest BCUT2D eigenvalue weighted by Gasteiger charge is 2.27. The molecule has 4 aromatic carbocycles. The van der Waals surface area contributed by atoms with Crippen LogP contribution in [0.1, 0.15) is 70.4 Å². The summed E-state index contributed by atoms with van der Waals surface area (Å²) in [4.78, 5) is 76.7. The van der Waals surface area contributed by atoms with Gasteiger partial charge in [0.15, 0.2) is 12.6 Å². The van der Waals surface area contributed by atoms with Crippen LogP contribution >= 0.6 is 0 Å². The van der Waals surface area contributed by atoms with Crippen LogP contribution in [0, 0.1) is 11.8 Å². The van der Waals surface area contributed by atoms with Crippen LogP contribution in [0.25, 0.3) is 44.6 Å². The molecule has 2 aromatic heterocycles. The van der Waals surface area contributed by atoms with Crippen molar-refractivity contribution in [1.29, 1.82) is 0 Å². The standard InChI is InChI=1S/C24H26N4O3.C20H20N4O3.C4H6O/c29-13-16-9-18(14-30)22-21(10-16)26-23(27-24(22)31)17-3-5-20(6-4-17)28-8-7-19(12-28)25-11-15-1-2-15;21-15-5-6-24(9-15)16-3-1-13(2-4-16)19-22-17-8-12(10-25)7-14(11-26)18(17)20(27)23-19;5-3-4-1-2-4/h3-6,9-10,14-15,19,25,29H,1-2,7-8,11-13H2,(H,26,27,31);1-4,7-8,11,15,25H,5-6,9-10,21H2,(H,22,23,27);3-4H,1-2H2. The number of hydrogen-bond donors (Lipinski definition) is 6. The number of anilines is 2. The molecule has 2 atom stereocenters. The molecule has 2 aliphatic carbocycles. The quantitative estimate of drug-likeness (QED) is 0.0934. The third kappa shape index (κ3) is 10.3. The highest BCUT2D eigenvalue weighted by molar-refractivity contribution is 5.98. The number of aromatic nitrogens is 4. The highest BCUT2D eigenvalue weighted by atomic mass is 16.3. The van der Waals surface area contributed by atoms with Crippen LogP contribution in [0.3, 0.4) is 0 Å². The Bertz CT molecular complexity index is 2730. The monoisotopic (exact) mass is 852 g/mol. The number of carbonyl (C=O) groups excluding carboxylic acids is 3. The molecular formula is C48H52N8O7. The molecule has 2 saturated carbocycles. The van der Waals surface area contributed by atoms with E-state index < -0.39 is 0 Å². The minimum Gasteiger partial charge on any atom is -0.392 e. The number of rotatable bonds is 12. The number of aromatic amines is 2. The number of fused-ring (bicyclic) bond motifs is 2. The number of aliphatic hydroxyl groups excluding tert-OH is 2. The minimum atomic E-state index is -0.379. The predicted molar refractivity (Wildman–Crippen MR) is 243 cm³/mol. The number of nitrogens with two attached hydrogens (primary N) is 1. The molecule has 0 radical (unpaired) electrons. The Morgan fingerprint density at radius 1 is 0.667 bits per heavy atom. The summed E-state index contributed by atoms with van der Waals surface area (Å²) < 4.78 is 0. The molecule has 10 rings (SSSR count). The van der Waals surface area contributed by atoms with Gasteiger partial charge in [-0.15, -0.1) is 0 Å². The average molecular weight is 853 g/mol. The number of hydrogen-bond acceptors (Lipinski definition) is 13. The predicted octanol–water partition coefficient (Wildman–Crippen LogP) is 4.50. The summed E-state index contributed by atoms with van der Waals surface area (Å²) in [5.41, 5.74) is 11.4. The maximum atomic E-state index is 12.6. The molecule has 15 nitrogen and oxygen atoms in total. The fraction of sp³-hybridized carbons (Fsp3) is 0.354. The van der Waals surface area contributed by atoms with Gasteiger partial charge in [0.25, 0.3) is 11.1 Å². The normalized spacial score (nSPS) is 18.1. The van der Waals surface area contributed by atoms with E-state index >= 15 is 0 Å². The van der Waals surface area contributed by atoms with E-state index in [1.807, 2.05) is 36.4 Å². The number of aldehydes is 3. The van der Waals surface area contributed by atoms with Gasteiger partial charge in [0.1, 0.15) is 17.9 Å². The van der Waals surface area contributed by atoms with Crippen LogP contribution in [0.4, 0.5) is 11.4 Å². The molecule has 4 aliphatic rings. The van der Waals surface area contributed by atoms with Crippen LogP contribution in [0.5, 0.6) is 0 Å². The van der Waals surface area contributed by atoms with Crippen molar-refractivity contribution in [1.82, 2.24) is 25.3 Å². The smallest absolute Gasteiger partial charge is 0.259 e. The van der Waals surface area contributed by atoms with E-state index in [0.717, 1.165) is 93.1 Å². The maximum absolute atomic E-state index is 12.6. The second-order valence-corrected chi connectivity index (χ2v) is 16.9. The largest absolute Gasteiger partial charge is 0.392 e. The second-order valence-electron chi connectivity index (χ2n) is 16.9. The van der Waals surface area contributed by atoms with Crippen molar-refractivity contribution in [3.8, 4) is 22.8 Å². The van der Waals surface area contributed by atoms with Crippen LogP contribution in [0.2, 0.25) is 0 Å². The lowest BCUT2D eigenvalue weighted by Gasteiger charge is -2.19. The zero-order valence-electron chi connectivity index (χ0n) is 35.0. The zero-order chi connectivity index (χ0) is 44.0. The number of nitrogens with zero attached hydrogens (tertiary/aromatic N) is 4. The van der Waals surface area contributed by atoms with Crippen molar-refractivity contribution in [3.05, 3.63) is 116 Å². The highest BCUT2D eigenvalue weighted by Crippen LogP contribution is 2.30. The zero-order valence-corrected chi connectivity index (χ0v) is 35.0. The van der Waals surface area contributed by atoms with Crippen LogP contribution in [-0.4, -0.2) is 93.8 Å². The molecule has 4 fully saturated rings. The fourth-order valence-electron chi connectivity index (χ4n) is 8.10. The van der Waals surface area contributed by atoms with Gasteiger partial charge in [-0.05, 0) is 135 Å². The third-order valence-electron chi connectivity index (χ3n) is 12.0. The Labute approximate surface area is 363 Å². The maximum Gasteiger partial charge on any atom is 0.259 e. The Morgan fingerprint density at radius 3 is 1.56 bits per heavy atom. The van der Waals surface area contributed by atoms with E-state index in [4.69, 9.17) is 5.73 Å². The Kier molecular flexibility index (Phi) is 13.3. The molecule has 2 saturated heterocycles. The van der Waals surface area contributed by atoms with E-state index in [0.29, 0.717) is 58.3 Å². The van der Waals surface area contributed by atoms with E-state index in [2.05, 4.69) is 47.2 Å². The molecule has 4 heterocycles.